The summed E-state index contributed by atoms with van der Waals surface area (Å²) in [6.07, 6.45) is -11.9. The number of halogens is 6. The molecule has 0 radical (unpaired) electrons. The van der Waals surface area contributed by atoms with Crippen LogP contribution in [0.5, 0.6) is 11.5 Å². The number of benzene rings is 2. The third kappa shape index (κ3) is 6.03. The van der Waals surface area contributed by atoms with E-state index < -0.39 is 29.5 Å². The summed E-state index contributed by atoms with van der Waals surface area (Å²) in [7, 11) is 0. The maximum atomic E-state index is 13.0. The number of aliphatic carboxylic acids is 1. The maximum absolute atomic E-state index is 13.0. The maximum Gasteiger partial charge on any atom is 0.430 e. The molecule has 0 amide bonds. The Bertz CT molecular complexity index is 880. The molecule has 0 aliphatic carbocycles. The number of hydrogen-bond acceptors (Lipinski definition) is 4. The van der Waals surface area contributed by atoms with Crippen LogP contribution in [0.3, 0.4) is 0 Å². The van der Waals surface area contributed by atoms with Gasteiger partial charge in [-0.1, -0.05) is 24.3 Å². The van der Waals surface area contributed by atoms with E-state index in [1.54, 1.807) is 18.2 Å². The molecule has 0 aliphatic rings. The lowest BCUT2D eigenvalue weighted by Crippen LogP contribution is -2.53. The van der Waals surface area contributed by atoms with Crippen LogP contribution in [0.4, 0.5) is 26.3 Å². The van der Waals surface area contributed by atoms with Gasteiger partial charge in [-0.15, -0.1) is 0 Å². The molecule has 0 unspecified atom stereocenters. The van der Waals surface area contributed by atoms with Gasteiger partial charge in [0.15, 0.2) is 0 Å². The van der Waals surface area contributed by atoms with Gasteiger partial charge in [0.05, 0.1) is 19.6 Å². The minimum absolute atomic E-state index is 0.0886. The number of alkyl halides is 6. The molecule has 2 rings (SSSR count). The first-order valence-corrected chi connectivity index (χ1v) is 8.87. The lowest BCUT2D eigenvalue weighted by Gasteiger charge is -2.32. The van der Waals surface area contributed by atoms with E-state index >= 15 is 0 Å². The lowest BCUT2D eigenvalue weighted by molar-refractivity contribution is -0.376. The van der Waals surface area contributed by atoms with Crippen molar-refractivity contribution in [3.8, 4) is 11.5 Å². The Labute approximate surface area is 172 Å². The molecule has 2 aromatic carbocycles. The summed E-state index contributed by atoms with van der Waals surface area (Å²) in [5, 5.41) is 18.2. The van der Waals surface area contributed by atoms with Crippen LogP contribution >= 0.6 is 0 Å². The Morgan fingerprint density at radius 2 is 1.35 bits per heavy atom. The summed E-state index contributed by atoms with van der Waals surface area (Å²) in [5.74, 6) is -0.884. The second-order valence-electron chi connectivity index (χ2n) is 6.50. The van der Waals surface area contributed by atoms with Crippen molar-refractivity contribution in [3.63, 3.8) is 0 Å². The van der Waals surface area contributed by atoms with Crippen molar-refractivity contribution in [2.75, 3.05) is 13.2 Å². The van der Waals surface area contributed by atoms with E-state index in [0.717, 1.165) is 12.1 Å². The number of rotatable bonds is 9. The van der Waals surface area contributed by atoms with E-state index in [1.165, 1.54) is 6.07 Å². The zero-order valence-corrected chi connectivity index (χ0v) is 15.8. The fourth-order valence-corrected chi connectivity index (χ4v) is 2.66. The van der Waals surface area contributed by atoms with Gasteiger partial charge in [0.1, 0.15) is 11.5 Å². The first kappa shape index (κ1) is 24.3. The summed E-state index contributed by atoms with van der Waals surface area (Å²) >= 11 is 0. The van der Waals surface area contributed by atoms with Gasteiger partial charge in [-0.25, -0.2) is 0 Å². The fourth-order valence-electron chi connectivity index (χ4n) is 2.66. The van der Waals surface area contributed by atoms with Gasteiger partial charge in [-0.3, -0.25) is 4.79 Å². The average molecular weight is 452 g/mol. The molecule has 0 saturated heterocycles. The molecule has 0 heterocycles. The zero-order chi connectivity index (χ0) is 23.3. The number of carbonyl (C=O) groups is 1. The average Bonchev–Trinajstić information content (AvgIpc) is 2.65. The van der Waals surface area contributed by atoms with Crippen LogP contribution in [0.1, 0.15) is 17.5 Å². The Morgan fingerprint density at radius 1 is 0.839 bits per heavy atom. The Morgan fingerprint density at radius 3 is 1.87 bits per heavy atom. The largest absolute Gasteiger partial charge is 0.493 e. The normalized spacial score (nSPS) is 12.5. The fraction of sp³-hybridized carbons (Fsp3) is 0.350. The third-order valence-corrected chi connectivity index (χ3v) is 4.15. The lowest BCUT2D eigenvalue weighted by atomic mass is 9.92. The second-order valence-corrected chi connectivity index (χ2v) is 6.50. The molecule has 31 heavy (non-hydrogen) atoms. The Kier molecular flexibility index (Phi) is 7.42. The first-order chi connectivity index (χ1) is 14.3. The van der Waals surface area contributed by atoms with Crippen molar-refractivity contribution in [1.82, 2.24) is 0 Å². The number of carboxylic acids is 1. The van der Waals surface area contributed by atoms with Gasteiger partial charge in [0, 0.05) is 12.0 Å². The molecule has 2 N–H and O–H groups in total. The van der Waals surface area contributed by atoms with Crippen molar-refractivity contribution < 1.29 is 50.8 Å². The summed E-state index contributed by atoms with van der Waals surface area (Å²) in [6, 6.07) is 9.43. The van der Waals surface area contributed by atoms with E-state index in [9.17, 15) is 36.2 Å². The van der Waals surface area contributed by atoms with Crippen LogP contribution in [0, 0.1) is 0 Å². The monoisotopic (exact) mass is 452 g/mol. The molecule has 0 atom stereocenters. The van der Waals surface area contributed by atoms with Crippen molar-refractivity contribution in [2.24, 2.45) is 0 Å². The zero-order valence-electron chi connectivity index (χ0n) is 15.8. The molecular weight excluding hydrogens is 434 g/mol. The van der Waals surface area contributed by atoms with Gasteiger partial charge < -0.3 is 19.7 Å². The van der Waals surface area contributed by atoms with E-state index in [1.807, 2.05) is 0 Å². The standard InChI is InChI=1S/C20H18F6O5/c21-19(22,23)18(29,20(24,25)26)14-5-2-7-16(12-14)31-9-3-8-30-15-6-1-4-13(10-15)11-17(27)28/h1-2,4-7,10,12,29H,3,8-9,11H2,(H,27,28). The quantitative estimate of drug-likeness (QED) is 0.434. The van der Waals surface area contributed by atoms with Gasteiger partial charge in [0.2, 0.25) is 0 Å². The molecule has 0 aliphatic heterocycles. The molecule has 11 heteroatoms. The molecule has 5 nitrogen and oxygen atoms in total. The molecule has 2 aromatic rings. The minimum atomic E-state index is -5.98. The predicted molar refractivity (Wildman–Crippen MR) is 95.8 cm³/mol. The number of aliphatic hydroxyl groups is 1. The SMILES string of the molecule is O=C(O)Cc1cccc(OCCCOc2cccc(C(O)(C(F)(F)F)C(F)(F)F)c2)c1. The highest BCUT2D eigenvalue weighted by molar-refractivity contribution is 5.70. The van der Waals surface area contributed by atoms with Gasteiger partial charge in [-0.05, 0) is 29.8 Å². The molecule has 170 valence electrons. The molecular formula is C20H18F6O5. The summed E-state index contributed by atoms with van der Waals surface area (Å²) in [4.78, 5) is 10.7. The number of carboxylic acid groups (broad SMARTS) is 1. The van der Waals surface area contributed by atoms with Crippen LogP contribution in [0.25, 0.3) is 0 Å². The van der Waals surface area contributed by atoms with Gasteiger partial charge >= 0.3 is 18.3 Å². The molecule has 0 fully saturated rings. The van der Waals surface area contributed by atoms with E-state index in [4.69, 9.17) is 14.6 Å². The number of hydrogen-bond donors (Lipinski definition) is 2. The summed E-state index contributed by atoms with van der Waals surface area (Å²) in [6.45, 7) is 0.0139. The molecule has 0 saturated carbocycles. The van der Waals surface area contributed by atoms with Crippen molar-refractivity contribution in [1.29, 1.82) is 0 Å². The molecule has 0 aromatic heterocycles. The molecule has 0 spiro atoms. The topological polar surface area (TPSA) is 76.0 Å². The van der Waals surface area contributed by atoms with E-state index in [-0.39, 0.29) is 31.8 Å². The van der Waals surface area contributed by atoms with Crippen LogP contribution < -0.4 is 9.47 Å². The molecule has 0 bridgehead atoms. The van der Waals surface area contributed by atoms with Crippen molar-refractivity contribution >= 4 is 5.97 Å². The highest BCUT2D eigenvalue weighted by atomic mass is 19.4. The second kappa shape index (κ2) is 9.46. The van der Waals surface area contributed by atoms with Crippen LogP contribution in [-0.2, 0) is 16.8 Å². The summed E-state index contributed by atoms with van der Waals surface area (Å²) in [5.41, 5.74) is -5.90. The van der Waals surface area contributed by atoms with E-state index in [0.29, 0.717) is 23.4 Å². The smallest absolute Gasteiger partial charge is 0.430 e. The van der Waals surface area contributed by atoms with Crippen LogP contribution in [0.2, 0.25) is 0 Å². The highest BCUT2D eigenvalue weighted by Crippen LogP contribution is 2.50. The summed E-state index contributed by atoms with van der Waals surface area (Å²) < 4.78 is 88.4. The Balaban J connectivity index is 1.95. The van der Waals surface area contributed by atoms with Crippen molar-refractivity contribution in [2.45, 2.75) is 30.8 Å². The van der Waals surface area contributed by atoms with Crippen LogP contribution in [-0.4, -0.2) is 41.7 Å². The highest BCUT2D eigenvalue weighted by Gasteiger charge is 2.71. The third-order valence-electron chi connectivity index (χ3n) is 4.15. The van der Waals surface area contributed by atoms with Crippen molar-refractivity contribution in [3.05, 3.63) is 59.7 Å². The minimum Gasteiger partial charge on any atom is -0.493 e. The van der Waals surface area contributed by atoms with E-state index in [2.05, 4.69) is 0 Å². The first-order valence-electron chi connectivity index (χ1n) is 8.87. The Hall–Kier alpha value is -2.95. The van der Waals surface area contributed by atoms with Crippen LogP contribution in [0.15, 0.2) is 48.5 Å². The van der Waals surface area contributed by atoms with Gasteiger partial charge in [0.25, 0.3) is 5.60 Å². The van der Waals surface area contributed by atoms with Gasteiger partial charge in [-0.2, -0.15) is 26.3 Å². The number of ether oxygens (including phenoxy) is 2. The predicted octanol–water partition coefficient (Wildman–Crippen LogP) is 4.47.